The number of nitrogens with zero attached hydrogens (tertiary/aromatic N) is 1. The minimum Gasteiger partial charge on any atom is -0.507 e. The zero-order chi connectivity index (χ0) is 21.8. The third kappa shape index (κ3) is 3.93. The molecular weight excluding hydrogens is 389 g/mol. The van der Waals surface area contributed by atoms with E-state index in [1.165, 1.54) is 30.2 Å². The molecule has 0 radical (unpaired) electrons. The Morgan fingerprint density at radius 1 is 1.17 bits per heavy atom. The molecule has 1 amide bonds. The van der Waals surface area contributed by atoms with Gasteiger partial charge in [0, 0.05) is 31.4 Å². The fourth-order valence-electron chi connectivity index (χ4n) is 3.65. The number of Topliss-reactive ketones (excluding diaryl/α,β-unsaturated/α-hetero) is 1. The number of carbonyl (C=O) groups excluding carboxylic acids is 2. The standard InChI is InChI=1S/C23H24FNO5/c1-14-13-15(9-10-17(14)24)21(26)19-20(16-7-4-5-8-18(16)30-3)25(11-6-12-29-2)23(28)22(19)27/h4-5,7-10,13,20,26H,6,11-12H2,1-3H3/b21-19+. The number of ether oxygens (including phenoxy) is 2. The molecule has 2 aromatic carbocycles. The molecule has 0 saturated carbocycles. The van der Waals surface area contributed by atoms with Crippen molar-refractivity contribution in [2.75, 3.05) is 27.4 Å². The fourth-order valence-corrected chi connectivity index (χ4v) is 3.65. The number of carbonyl (C=O) groups is 2. The number of likely N-dealkylation sites (tertiary alicyclic amines) is 1. The monoisotopic (exact) mass is 413 g/mol. The number of aliphatic hydroxyl groups is 1. The molecular formula is C23H24FNO5. The van der Waals surface area contributed by atoms with E-state index in [4.69, 9.17) is 9.47 Å². The molecule has 3 rings (SSSR count). The van der Waals surface area contributed by atoms with Crippen LogP contribution >= 0.6 is 0 Å². The van der Waals surface area contributed by atoms with Crippen molar-refractivity contribution in [2.45, 2.75) is 19.4 Å². The summed E-state index contributed by atoms with van der Waals surface area (Å²) in [7, 11) is 3.06. The maximum Gasteiger partial charge on any atom is 0.295 e. The number of ketones is 1. The van der Waals surface area contributed by atoms with Crippen molar-refractivity contribution in [3.8, 4) is 5.75 Å². The van der Waals surface area contributed by atoms with Crippen LogP contribution in [0.4, 0.5) is 4.39 Å². The van der Waals surface area contributed by atoms with Crippen molar-refractivity contribution in [2.24, 2.45) is 0 Å². The highest BCUT2D eigenvalue weighted by Gasteiger charge is 2.46. The lowest BCUT2D eigenvalue weighted by Gasteiger charge is -2.26. The predicted molar refractivity (Wildman–Crippen MR) is 110 cm³/mol. The van der Waals surface area contributed by atoms with Crippen LogP contribution in [-0.4, -0.2) is 49.1 Å². The molecule has 2 aromatic rings. The Balaban J connectivity index is 2.18. The minimum absolute atomic E-state index is 0.0482. The normalized spacial score (nSPS) is 18.1. The summed E-state index contributed by atoms with van der Waals surface area (Å²) >= 11 is 0. The largest absolute Gasteiger partial charge is 0.507 e. The average molecular weight is 413 g/mol. The summed E-state index contributed by atoms with van der Waals surface area (Å²) < 4.78 is 24.2. The van der Waals surface area contributed by atoms with Gasteiger partial charge in [-0.05, 0) is 43.2 Å². The minimum atomic E-state index is -0.830. The molecule has 1 saturated heterocycles. The molecule has 1 atom stereocenters. The maximum absolute atomic E-state index is 13.7. The summed E-state index contributed by atoms with van der Waals surface area (Å²) in [6.45, 7) is 2.24. The quantitative estimate of drug-likeness (QED) is 0.325. The van der Waals surface area contributed by atoms with Gasteiger partial charge in [-0.3, -0.25) is 9.59 Å². The topological polar surface area (TPSA) is 76.1 Å². The number of para-hydroxylation sites is 1. The molecule has 6 nitrogen and oxygen atoms in total. The van der Waals surface area contributed by atoms with Gasteiger partial charge in [-0.1, -0.05) is 18.2 Å². The van der Waals surface area contributed by atoms with E-state index in [1.54, 1.807) is 38.3 Å². The lowest BCUT2D eigenvalue weighted by Crippen LogP contribution is -2.31. The molecule has 158 valence electrons. The molecule has 0 bridgehead atoms. The summed E-state index contributed by atoms with van der Waals surface area (Å²) in [6, 6.07) is 10.3. The summed E-state index contributed by atoms with van der Waals surface area (Å²) in [5.41, 5.74) is 1.12. The molecule has 1 aliphatic heterocycles. The number of hydrogen-bond acceptors (Lipinski definition) is 5. The van der Waals surface area contributed by atoms with E-state index in [-0.39, 0.29) is 23.4 Å². The second kappa shape index (κ2) is 9.09. The summed E-state index contributed by atoms with van der Waals surface area (Å²) in [5.74, 6) is -1.78. The first-order valence-corrected chi connectivity index (χ1v) is 9.57. The number of aliphatic hydroxyl groups excluding tert-OH is 1. The van der Waals surface area contributed by atoms with E-state index >= 15 is 0 Å². The van der Waals surface area contributed by atoms with Crippen molar-refractivity contribution in [1.82, 2.24) is 4.90 Å². The lowest BCUT2D eigenvalue weighted by molar-refractivity contribution is -0.140. The molecule has 1 unspecified atom stereocenters. The van der Waals surface area contributed by atoms with Gasteiger partial charge in [0.1, 0.15) is 17.3 Å². The molecule has 0 spiro atoms. The highest BCUT2D eigenvalue weighted by molar-refractivity contribution is 6.46. The van der Waals surface area contributed by atoms with Gasteiger partial charge in [0.25, 0.3) is 11.7 Å². The number of amides is 1. The highest BCUT2D eigenvalue weighted by Crippen LogP contribution is 2.42. The van der Waals surface area contributed by atoms with Gasteiger partial charge in [-0.2, -0.15) is 0 Å². The average Bonchev–Trinajstić information content (AvgIpc) is 3.00. The number of aryl methyl sites for hydroxylation is 1. The second-order valence-corrected chi connectivity index (χ2v) is 7.04. The first-order valence-electron chi connectivity index (χ1n) is 9.57. The van der Waals surface area contributed by atoms with Crippen molar-refractivity contribution in [3.05, 3.63) is 70.5 Å². The van der Waals surface area contributed by atoms with E-state index in [0.717, 1.165) is 0 Å². The van der Waals surface area contributed by atoms with Crippen molar-refractivity contribution < 1.29 is 28.6 Å². The van der Waals surface area contributed by atoms with Crippen LogP contribution in [-0.2, 0) is 14.3 Å². The van der Waals surface area contributed by atoms with Gasteiger partial charge in [0.15, 0.2) is 0 Å². The van der Waals surface area contributed by atoms with Gasteiger partial charge in [-0.15, -0.1) is 0 Å². The summed E-state index contributed by atoms with van der Waals surface area (Å²) in [6.07, 6.45) is 0.519. The Morgan fingerprint density at radius 3 is 2.57 bits per heavy atom. The molecule has 30 heavy (non-hydrogen) atoms. The third-order valence-electron chi connectivity index (χ3n) is 5.15. The number of halogens is 1. The van der Waals surface area contributed by atoms with Crippen molar-refractivity contribution >= 4 is 17.4 Å². The molecule has 1 heterocycles. The van der Waals surface area contributed by atoms with E-state index < -0.39 is 23.5 Å². The van der Waals surface area contributed by atoms with Gasteiger partial charge in [0.05, 0.1) is 18.7 Å². The Kier molecular flexibility index (Phi) is 6.52. The zero-order valence-electron chi connectivity index (χ0n) is 17.1. The summed E-state index contributed by atoms with van der Waals surface area (Å²) in [4.78, 5) is 27.2. The maximum atomic E-state index is 13.7. The van der Waals surface area contributed by atoms with Gasteiger partial charge >= 0.3 is 0 Å². The Morgan fingerprint density at radius 2 is 1.90 bits per heavy atom. The van der Waals surface area contributed by atoms with Crippen LogP contribution < -0.4 is 4.74 Å². The van der Waals surface area contributed by atoms with Gasteiger partial charge in [-0.25, -0.2) is 4.39 Å². The third-order valence-corrected chi connectivity index (χ3v) is 5.15. The first kappa shape index (κ1) is 21.5. The number of methoxy groups -OCH3 is 2. The molecule has 1 aliphatic rings. The van der Waals surface area contributed by atoms with Crippen molar-refractivity contribution in [3.63, 3.8) is 0 Å². The molecule has 1 fully saturated rings. The SMILES string of the molecule is COCCCN1C(=O)C(=O)/C(=C(/O)c2ccc(F)c(C)c2)C1c1ccccc1OC. The van der Waals surface area contributed by atoms with Crippen LogP contribution in [0, 0.1) is 12.7 Å². The molecule has 0 aromatic heterocycles. The predicted octanol–water partition coefficient (Wildman–Crippen LogP) is 3.60. The summed E-state index contributed by atoms with van der Waals surface area (Å²) in [5, 5.41) is 11.0. The number of rotatable bonds is 7. The van der Waals surface area contributed by atoms with Crippen LogP contribution in [0.25, 0.3) is 5.76 Å². The van der Waals surface area contributed by atoms with Crippen LogP contribution in [0.5, 0.6) is 5.75 Å². The van der Waals surface area contributed by atoms with E-state index in [2.05, 4.69) is 0 Å². The fraction of sp³-hybridized carbons (Fsp3) is 0.304. The Bertz CT molecular complexity index is 1000. The Labute approximate surface area is 174 Å². The van der Waals surface area contributed by atoms with Crippen LogP contribution in [0.15, 0.2) is 48.0 Å². The van der Waals surface area contributed by atoms with Crippen molar-refractivity contribution in [1.29, 1.82) is 0 Å². The lowest BCUT2D eigenvalue weighted by atomic mass is 9.94. The second-order valence-electron chi connectivity index (χ2n) is 7.04. The van der Waals surface area contributed by atoms with Crippen LogP contribution in [0.3, 0.4) is 0 Å². The highest BCUT2D eigenvalue weighted by atomic mass is 19.1. The van der Waals surface area contributed by atoms with E-state index in [1.807, 2.05) is 0 Å². The van der Waals surface area contributed by atoms with E-state index in [9.17, 15) is 19.1 Å². The molecule has 1 N–H and O–H groups in total. The van der Waals surface area contributed by atoms with Crippen LogP contribution in [0.1, 0.15) is 29.2 Å². The van der Waals surface area contributed by atoms with Gasteiger partial charge in [0.2, 0.25) is 0 Å². The zero-order valence-corrected chi connectivity index (χ0v) is 17.1. The smallest absolute Gasteiger partial charge is 0.295 e. The molecule has 7 heteroatoms. The number of hydrogen-bond donors (Lipinski definition) is 1. The van der Waals surface area contributed by atoms with E-state index in [0.29, 0.717) is 29.9 Å². The Hall–Kier alpha value is -3.19. The first-order chi connectivity index (χ1) is 14.4. The number of benzene rings is 2. The molecule has 0 aliphatic carbocycles. The van der Waals surface area contributed by atoms with Gasteiger partial charge < -0.3 is 19.5 Å². The van der Waals surface area contributed by atoms with Crippen LogP contribution in [0.2, 0.25) is 0 Å².